The number of carbonyl (C=O) groups excluding carboxylic acids is 1. The minimum absolute atomic E-state index is 0.161. The Balaban J connectivity index is 2.17. The van der Waals surface area contributed by atoms with E-state index in [-0.39, 0.29) is 17.9 Å². The molecule has 0 bridgehead atoms. The van der Waals surface area contributed by atoms with E-state index in [1.807, 2.05) is 18.2 Å². The van der Waals surface area contributed by atoms with Crippen molar-refractivity contribution < 1.29 is 9.53 Å². The molecule has 0 radical (unpaired) electrons. The van der Waals surface area contributed by atoms with Crippen molar-refractivity contribution in [1.29, 1.82) is 0 Å². The minimum atomic E-state index is -0.317. The fourth-order valence-electron chi connectivity index (χ4n) is 2.54. The number of aromatic amines is 1. The van der Waals surface area contributed by atoms with Crippen LogP contribution in [0.2, 0.25) is 0 Å². The molecule has 0 aliphatic rings. The number of nitrogens with one attached hydrogen (secondary N) is 2. The molecule has 26 heavy (non-hydrogen) atoms. The van der Waals surface area contributed by atoms with Crippen LogP contribution in [0.4, 0.5) is 11.6 Å². The molecule has 0 unspecified atom stereocenters. The molecular formula is C19H24BrN3O3. The number of ether oxygens (including phenoxy) is 1. The fourth-order valence-corrected chi connectivity index (χ4v) is 3.04. The zero-order valence-electron chi connectivity index (χ0n) is 15.5. The van der Waals surface area contributed by atoms with Crippen LogP contribution in [0.1, 0.15) is 49.9 Å². The molecule has 2 rings (SSSR count). The molecule has 140 valence electrons. The lowest BCUT2D eigenvalue weighted by Crippen LogP contribution is -2.19. The quantitative estimate of drug-likeness (QED) is 0.654. The van der Waals surface area contributed by atoms with Crippen molar-refractivity contribution in [3.63, 3.8) is 0 Å². The summed E-state index contributed by atoms with van der Waals surface area (Å²) in [6.07, 6.45) is 0.467. The molecule has 0 amide bonds. The van der Waals surface area contributed by atoms with Gasteiger partial charge in [-0.15, -0.1) is 0 Å². The predicted octanol–water partition coefficient (Wildman–Crippen LogP) is 4.20. The summed E-state index contributed by atoms with van der Waals surface area (Å²) in [5, 5.41) is 3.13. The highest BCUT2D eigenvalue weighted by atomic mass is 79.9. The van der Waals surface area contributed by atoms with Gasteiger partial charge in [0.25, 0.3) is 5.56 Å². The maximum absolute atomic E-state index is 12.4. The van der Waals surface area contributed by atoms with Crippen molar-refractivity contribution >= 4 is 33.5 Å². The van der Waals surface area contributed by atoms with Crippen LogP contribution in [0.15, 0.2) is 27.5 Å². The minimum Gasteiger partial charge on any atom is -0.466 e. The van der Waals surface area contributed by atoms with E-state index >= 15 is 0 Å². The van der Waals surface area contributed by atoms with Crippen molar-refractivity contribution in [1.82, 2.24) is 9.97 Å². The summed E-state index contributed by atoms with van der Waals surface area (Å²) >= 11 is 3.55. The molecule has 0 fully saturated rings. The molecule has 2 aromatic rings. The van der Waals surface area contributed by atoms with Gasteiger partial charge >= 0.3 is 5.97 Å². The summed E-state index contributed by atoms with van der Waals surface area (Å²) in [5.74, 6) is 0.479. The molecule has 0 saturated carbocycles. The van der Waals surface area contributed by atoms with Crippen LogP contribution >= 0.6 is 15.9 Å². The summed E-state index contributed by atoms with van der Waals surface area (Å²) in [7, 11) is 0. The number of aryl methyl sites for hydroxylation is 1. The number of rotatable bonds is 7. The van der Waals surface area contributed by atoms with E-state index in [4.69, 9.17) is 4.74 Å². The van der Waals surface area contributed by atoms with E-state index in [9.17, 15) is 9.59 Å². The number of halogens is 1. The van der Waals surface area contributed by atoms with Crippen LogP contribution in [0, 0.1) is 6.92 Å². The average molecular weight is 422 g/mol. The summed E-state index contributed by atoms with van der Waals surface area (Å²) < 4.78 is 5.79. The topological polar surface area (TPSA) is 84.1 Å². The normalized spacial score (nSPS) is 10.8. The Bertz CT molecular complexity index is 846. The smallest absolute Gasteiger partial charge is 0.306 e. The monoisotopic (exact) mass is 421 g/mol. The van der Waals surface area contributed by atoms with Gasteiger partial charge in [-0.05, 0) is 59.8 Å². The van der Waals surface area contributed by atoms with E-state index in [0.29, 0.717) is 36.2 Å². The highest BCUT2D eigenvalue weighted by molar-refractivity contribution is 9.10. The lowest BCUT2D eigenvalue weighted by molar-refractivity contribution is -0.143. The highest BCUT2D eigenvalue weighted by Gasteiger charge is 2.12. The third-order valence-corrected chi connectivity index (χ3v) is 4.68. The Morgan fingerprint density at radius 2 is 2.12 bits per heavy atom. The molecule has 0 aliphatic carbocycles. The van der Waals surface area contributed by atoms with Gasteiger partial charge in [-0.2, -0.15) is 0 Å². The Morgan fingerprint density at radius 1 is 1.38 bits per heavy atom. The molecule has 0 atom stereocenters. The van der Waals surface area contributed by atoms with Gasteiger partial charge in [-0.1, -0.05) is 19.9 Å². The van der Waals surface area contributed by atoms with E-state index in [1.165, 1.54) is 5.56 Å². The van der Waals surface area contributed by atoms with Gasteiger partial charge in [0.1, 0.15) is 0 Å². The second-order valence-corrected chi connectivity index (χ2v) is 7.16. The molecule has 0 aliphatic heterocycles. The largest absolute Gasteiger partial charge is 0.466 e. The van der Waals surface area contributed by atoms with Gasteiger partial charge in [0, 0.05) is 22.2 Å². The van der Waals surface area contributed by atoms with E-state index in [1.54, 1.807) is 13.8 Å². The number of hydrogen-bond donors (Lipinski definition) is 2. The Labute approximate surface area is 161 Å². The molecule has 6 nitrogen and oxygen atoms in total. The van der Waals surface area contributed by atoms with E-state index in [2.05, 4.69) is 45.1 Å². The van der Waals surface area contributed by atoms with Crippen molar-refractivity contribution in [3.05, 3.63) is 49.8 Å². The summed E-state index contributed by atoms with van der Waals surface area (Å²) in [6, 6.07) is 6.03. The zero-order chi connectivity index (χ0) is 19.3. The van der Waals surface area contributed by atoms with Crippen LogP contribution in [-0.2, 0) is 16.0 Å². The van der Waals surface area contributed by atoms with Gasteiger partial charge < -0.3 is 10.1 Å². The number of anilines is 2. The molecule has 1 heterocycles. The maximum Gasteiger partial charge on any atom is 0.306 e. The molecule has 0 spiro atoms. The van der Waals surface area contributed by atoms with Crippen molar-refractivity contribution in [2.45, 2.75) is 46.5 Å². The second-order valence-electron chi connectivity index (χ2n) is 6.30. The summed E-state index contributed by atoms with van der Waals surface area (Å²) in [6.45, 7) is 8.11. The van der Waals surface area contributed by atoms with Gasteiger partial charge in [-0.25, -0.2) is 4.98 Å². The molecule has 0 saturated heterocycles. The molecule has 1 aromatic carbocycles. The Hall–Kier alpha value is -2.15. The van der Waals surface area contributed by atoms with Gasteiger partial charge in [-0.3, -0.25) is 14.6 Å². The first-order valence-electron chi connectivity index (χ1n) is 8.63. The van der Waals surface area contributed by atoms with E-state index < -0.39 is 0 Å². The molecular weight excluding hydrogens is 398 g/mol. The SMILES string of the molecule is CCOC(=O)CCc1c(C)nc(Nc2ccc(C(C)C)cc2Br)[nH]c1=O. The van der Waals surface area contributed by atoms with Gasteiger partial charge in [0.2, 0.25) is 5.95 Å². The van der Waals surface area contributed by atoms with Crippen LogP contribution in [0.3, 0.4) is 0 Å². The van der Waals surface area contributed by atoms with Crippen LogP contribution < -0.4 is 10.9 Å². The molecule has 7 heteroatoms. The summed E-state index contributed by atoms with van der Waals surface area (Å²) in [5.41, 5.74) is 2.87. The van der Waals surface area contributed by atoms with Crippen molar-refractivity contribution in [2.24, 2.45) is 0 Å². The second kappa shape index (κ2) is 8.98. The number of nitrogens with zero attached hydrogens (tertiary/aromatic N) is 1. The van der Waals surface area contributed by atoms with Crippen molar-refractivity contribution in [3.8, 4) is 0 Å². The lowest BCUT2D eigenvalue weighted by Gasteiger charge is -2.12. The molecule has 2 N–H and O–H groups in total. The standard InChI is InChI=1S/C19H24BrN3O3/c1-5-26-17(24)9-7-14-12(4)21-19(23-18(14)25)22-16-8-6-13(11(2)3)10-15(16)20/h6,8,10-11H,5,7,9H2,1-4H3,(H2,21,22,23,25). The third kappa shape index (κ3) is 5.17. The van der Waals surface area contributed by atoms with Crippen LogP contribution in [-0.4, -0.2) is 22.5 Å². The zero-order valence-corrected chi connectivity index (χ0v) is 17.1. The first-order valence-corrected chi connectivity index (χ1v) is 9.43. The number of carbonyl (C=O) groups is 1. The van der Waals surface area contributed by atoms with Gasteiger partial charge in [0.05, 0.1) is 12.3 Å². The number of hydrogen-bond acceptors (Lipinski definition) is 5. The first kappa shape index (κ1) is 20.2. The number of benzene rings is 1. The Morgan fingerprint density at radius 3 is 2.69 bits per heavy atom. The van der Waals surface area contributed by atoms with Gasteiger partial charge in [0.15, 0.2) is 0 Å². The average Bonchev–Trinajstić information content (AvgIpc) is 2.56. The highest BCUT2D eigenvalue weighted by Crippen LogP contribution is 2.28. The van der Waals surface area contributed by atoms with E-state index in [0.717, 1.165) is 10.2 Å². The number of aromatic nitrogens is 2. The third-order valence-electron chi connectivity index (χ3n) is 4.02. The van der Waals surface area contributed by atoms with Crippen LogP contribution in [0.25, 0.3) is 0 Å². The predicted molar refractivity (Wildman–Crippen MR) is 106 cm³/mol. The number of esters is 1. The number of H-pyrrole nitrogens is 1. The molecule has 1 aromatic heterocycles. The summed E-state index contributed by atoms with van der Waals surface area (Å²) in [4.78, 5) is 31.0. The van der Waals surface area contributed by atoms with Crippen LogP contribution in [0.5, 0.6) is 0 Å². The first-order chi connectivity index (χ1) is 12.3. The Kier molecular flexibility index (Phi) is 6.97. The fraction of sp³-hybridized carbons (Fsp3) is 0.421. The lowest BCUT2D eigenvalue weighted by atomic mass is 10.0. The maximum atomic E-state index is 12.4. The van der Waals surface area contributed by atoms with Crippen molar-refractivity contribution in [2.75, 3.05) is 11.9 Å².